The number of hydrogen-bond donors (Lipinski definition) is 2. The van der Waals surface area contributed by atoms with Crippen LogP contribution < -0.4 is 15.0 Å². The number of anilines is 2. The van der Waals surface area contributed by atoms with E-state index < -0.39 is 42.5 Å². The van der Waals surface area contributed by atoms with Crippen LogP contribution in [0, 0.1) is 12.7 Å². The molecule has 2 N–H and O–H groups in total. The van der Waals surface area contributed by atoms with E-state index in [1.54, 1.807) is 26.8 Å². The van der Waals surface area contributed by atoms with Crippen molar-refractivity contribution in [2.45, 2.75) is 58.1 Å². The van der Waals surface area contributed by atoms with Crippen LogP contribution >= 0.6 is 0 Å². The number of ether oxygens (including phenoxy) is 1. The zero-order valence-electron chi connectivity index (χ0n) is 20.6. The standard InChI is InChI=1S/C25H28F5N5O2/c1-13(15-5-4-6-16(20(15)28)21(29)30)31-22-17-11-18(35-9-7-25(3,36)8-10-35)24(37-12-19(26)27)34-23(17)33-14(2)32-22/h4-6,11,13,19,21,36H,7-10,12H2,1-3H3,(H,31,32,33,34)/t13-/m1/s1. The normalized spacial score (nSPS) is 16.5. The van der Waals surface area contributed by atoms with Gasteiger partial charge in [0.15, 0.2) is 12.3 Å². The minimum absolute atomic E-state index is 0.0258. The zero-order chi connectivity index (χ0) is 26.9. The van der Waals surface area contributed by atoms with E-state index in [0.29, 0.717) is 42.8 Å². The molecule has 200 valence electrons. The van der Waals surface area contributed by atoms with Crippen LogP contribution in [-0.4, -0.2) is 51.8 Å². The van der Waals surface area contributed by atoms with Gasteiger partial charge in [0.2, 0.25) is 5.88 Å². The van der Waals surface area contributed by atoms with Crippen molar-refractivity contribution in [1.29, 1.82) is 0 Å². The number of piperidine rings is 1. The lowest BCUT2D eigenvalue weighted by Crippen LogP contribution is -2.42. The Balaban J connectivity index is 1.75. The van der Waals surface area contributed by atoms with Crippen LogP contribution in [0.1, 0.15) is 56.1 Å². The summed E-state index contributed by atoms with van der Waals surface area (Å²) in [5, 5.41) is 13.8. The summed E-state index contributed by atoms with van der Waals surface area (Å²) >= 11 is 0. The molecular weight excluding hydrogens is 497 g/mol. The maximum Gasteiger partial charge on any atom is 0.272 e. The third kappa shape index (κ3) is 6.00. The number of hydrogen-bond acceptors (Lipinski definition) is 7. The van der Waals surface area contributed by atoms with Gasteiger partial charge in [-0.2, -0.15) is 4.98 Å². The van der Waals surface area contributed by atoms with Crippen molar-refractivity contribution < 1.29 is 31.8 Å². The highest BCUT2D eigenvalue weighted by molar-refractivity contribution is 5.90. The van der Waals surface area contributed by atoms with Crippen LogP contribution in [0.5, 0.6) is 5.88 Å². The maximum absolute atomic E-state index is 14.8. The van der Waals surface area contributed by atoms with Crippen LogP contribution in [0.4, 0.5) is 33.5 Å². The van der Waals surface area contributed by atoms with Gasteiger partial charge in [0, 0.05) is 18.7 Å². The molecule has 0 spiro atoms. The first kappa shape index (κ1) is 26.8. The van der Waals surface area contributed by atoms with Gasteiger partial charge in [-0.05, 0) is 39.7 Å². The number of aliphatic hydroxyl groups is 1. The second-order valence-corrected chi connectivity index (χ2v) is 9.41. The Morgan fingerprint density at radius 1 is 1.11 bits per heavy atom. The van der Waals surface area contributed by atoms with Crippen LogP contribution in [0.25, 0.3) is 11.0 Å². The second kappa shape index (κ2) is 10.6. The fourth-order valence-corrected chi connectivity index (χ4v) is 4.30. The predicted octanol–water partition coefficient (Wildman–Crippen LogP) is 5.58. The first-order valence-electron chi connectivity index (χ1n) is 11.9. The van der Waals surface area contributed by atoms with Gasteiger partial charge in [-0.15, -0.1) is 0 Å². The molecule has 37 heavy (non-hydrogen) atoms. The summed E-state index contributed by atoms with van der Waals surface area (Å²) in [6, 6.07) is 4.71. The van der Waals surface area contributed by atoms with E-state index in [2.05, 4.69) is 20.3 Å². The fraction of sp³-hybridized carbons (Fsp3) is 0.480. The van der Waals surface area contributed by atoms with Gasteiger partial charge in [0.1, 0.15) is 23.1 Å². The maximum atomic E-state index is 14.8. The summed E-state index contributed by atoms with van der Waals surface area (Å²) in [6.07, 6.45) is -4.77. The Morgan fingerprint density at radius 2 is 1.78 bits per heavy atom. The van der Waals surface area contributed by atoms with E-state index in [9.17, 15) is 27.1 Å². The highest BCUT2D eigenvalue weighted by atomic mass is 19.3. The van der Waals surface area contributed by atoms with E-state index in [1.807, 2.05) is 4.90 Å². The summed E-state index contributed by atoms with van der Waals surface area (Å²) in [5.41, 5.74) is -0.908. The lowest BCUT2D eigenvalue weighted by molar-refractivity contribution is 0.0349. The summed E-state index contributed by atoms with van der Waals surface area (Å²) in [6.45, 7) is 4.96. The van der Waals surface area contributed by atoms with E-state index in [1.165, 1.54) is 12.1 Å². The lowest BCUT2D eigenvalue weighted by Gasteiger charge is -2.37. The average molecular weight is 526 g/mol. The topological polar surface area (TPSA) is 83.4 Å². The molecule has 0 aliphatic carbocycles. The lowest BCUT2D eigenvalue weighted by atomic mass is 9.93. The number of rotatable bonds is 8. The van der Waals surface area contributed by atoms with Crippen molar-refractivity contribution in [3.8, 4) is 5.88 Å². The third-order valence-electron chi connectivity index (χ3n) is 6.39. The molecule has 12 heteroatoms. The Kier molecular flexibility index (Phi) is 7.67. The van der Waals surface area contributed by atoms with E-state index in [4.69, 9.17) is 4.74 Å². The quantitative estimate of drug-likeness (QED) is 0.372. The van der Waals surface area contributed by atoms with Crippen molar-refractivity contribution >= 4 is 22.5 Å². The molecule has 1 aliphatic heterocycles. The minimum atomic E-state index is -2.96. The van der Waals surface area contributed by atoms with Crippen molar-refractivity contribution in [2.24, 2.45) is 0 Å². The van der Waals surface area contributed by atoms with Crippen LogP contribution in [0.15, 0.2) is 24.3 Å². The molecule has 1 saturated heterocycles. The molecule has 3 heterocycles. The van der Waals surface area contributed by atoms with Gasteiger partial charge in [-0.25, -0.2) is 31.9 Å². The van der Waals surface area contributed by atoms with Crippen molar-refractivity contribution in [3.05, 3.63) is 47.0 Å². The number of fused-ring (bicyclic) bond motifs is 1. The molecule has 7 nitrogen and oxygen atoms in total. The zero-order valence-corrected chi connectivity index (χ0v) is 20.6. The van der Waals surface area contributed by atoms with Crippen LogP contribution in [-0.2, 0) is 0 Å². The van der Waals surface area contributed by atoms with Gasteiger partial charge in [0.25, 0.3) is 12.9 Å². The first-order valence-corrected chi connectivity index (χ1v) is 11.9. The largest absolute Gasteiger partial charge is 0.470 e. The second-order valence-electron chi connectivity index (χ2n) is 9.41. The van der Waals surface area contributed by atoms with Gasteiger partial charge in [-0.1, -0.05) is 18.2 Å². The monoisotopic (exact) mass is 525 g/mol. The summed E-state index contributed by atoms with van der Waals surface area (Å²) in [7, 11) is 0. The van der Waals surface area contributed by atoms with Gasteiger partial charge < -0.3 is 20.1 Å². The number of alkyl halides is 4. The molecule has 2 aromatic heterocycles. The SMILES string of the molecule is Cc1nc(N[C@H](C)c2cccc(C(F)F)c2F)c2cc(N3CCC(C)(O)CC3)c(OCC(F)F)nc2n1. The Labute approximate surface area is 210 Å². The average Bonchev–Trinajstić information content (AvgIpc) is 2.82. The molecule has 0 amide bonds. The Hall–Kier alpha value is -3.28. The molecule has 0 radical (unpaired) electrons. The minimum Gasteiger partial charge on any atom is -0.470 e. The molecule has 0 bridgehead atoms. The number of aryl methyl sites for hydroxylation is 1. The molecular formula is C25H28F5N5O2. The molecule has 4 rings (SSSR count). The highest BCUT2D eigenvalue weighted by Crippen LogP contribution is 2.37. The van der Waals surface area contributed by atoms with Gasteiger partial charge >= 0.3 is 0 Å². The Bertz CT molecular complexity index is 1260. The fourth-order valence-electron chi connectivity index (χ4n) is 4.30. The molecule has 0 saturated carbocycles. The number of nitrogens with zero attached hydrogens (tertiary/aromatic N) is 4. The number of pyridine rings is 1. The molecule has 0 unspecified atom stereocenters. The van der Waals surface area contributed by atoms with Crippen molar-refractivity contribution in [1.82, 2.24) is 15.0 Å². The first-order chi connectivity index (χ1) is 17.4. The molecule has 1 fully saturated rings. The summed E-state index contributed by atoms with van der Waals surface area (Å²) in [5.74, 6) is -0.454. The van der Waals surface area contributed by atoms with E-state index in [0.717, 1.165) is 6.07 Å². The summed E-state index contributed by atoms with van der Waals surface area (Å²) < 4.78 is 72.4. The van der Waals surface area contributed by atoms with Crippen LogP contribution in [0.2, 0.25) is 0 Å². The third-order valence-corrected chi connectivity index (χ3v) is 6.39. The van der Waals surface area contributed by atoms with E-state index >= 15 is 0 Å². The number of halogens is 5. The molecule has 3 aromatic rings. The number of aromatic nitrogens is 3. The number of benzene rings is 1. The van der Waals surface area contributed by atoms with Gasteiger partial charge in [0.05, 0.1) is 22.6 Å². The molecule has 1 aliphatic rings. The Morgan fingerprint density at radius 3 is 2.43 bits per heavy atom. The highest BCUT2D eigenvalue weighted by Gasteiger charge is 2.30. The van der Waals surface area contributed by atoms with Crippen LogP contribution in [0.3, 0.4) is 0 Å². The van der Waals surface area contributed by atoms with Crippen molar-refractivity contribution in [2.75, 3.05) is 29.9 Å². The predicted molar refractivity (Wildman–Crippen MR) is 129 cm³/mol. The number of nitrogens with one attached hydrogen (secondary N) is 1. The van der Waals surface area contributed by atoms with Crippen molar-refractivity contribution in [3.63, 3.8) is 0 Å². The summed E-state index contributed by atoms with van der Waals surface area (Å²) in [4.78, 5) is 15.0. The smallest absolute Gasteiger partial charge is 0.272 e. The van der Waals surface area contributed by atoms with E-state index in [-0.39, 0.29) is 22.9 Å². The molecule has 1 atom stereocenters. The molecule has 1 aromatic carbocycles. The van der Waals surface area contributed by atoms with Gasteiger partial charge in [-0.3, -0.25) is 0 Å².